The molecule has 112 valence electrons. The smallest absolute Gasteiger partial charge is 0.146 e. The molecule has 4 heteroatoms. The Morgan fingerprint density at radius 3 is 2.85 bits per heavy atom. The summed E-state index contributed by atoms with van der Waals surface area (Å²) in [5.74, 6) is 2.81. The van der Waals surface area contributed by atoms with E-state index in [1.807, 2.05) is 30.9 Å². The van der Waals surface area contributed by atoms with Crippen molar-refractivity contribution < 1.29 is 4.39 Å². The number of hydrogen-bond acceptors (Lipinski definition) is 3. The third kappa shape index (κ3) is 4.13. The number of halogens is 1. The van der Waals surface area contributed by atoms with Gasteiger partial charge in [0.2, 0.25) is 0 Å². The molecule has 0 radical (unpaired) electrons. The number of nitrogens with one attached hydrogen (secondary N) is 1. The summed E-state index contributed by atoms with van der Waals surface area (Å²) in [6.07, 6.45) is 1.15. The molecule has 2 rings (SSSR count). The van der Waals surface area contributed by atoms with Crippen LogP contribution < -0.4 is 10.2 Å². The zero-order valence-corrected chi connectivity index (χ0v) is 13.5. The molecular weight excluding hydrogens is 271 g/mol. The number of hydrogen-bond donors (Lipinski definition) is 1. The van der Waals surface area contributed by atoms with Gasteiger partial charge in [0.05, 0.1) is 5.69 Å². The average molecular weight is 296 g/mol. The molecule has 1 saturated heterocycles. The zero-order chi connectivity index (χ0) is 14.5. The van der Waals surface area contributed by atoms with Crippen molar-refractivity contribution in [3.05, 3.63) is 29.6 Å². The van der Waals surface area contributed by atoms with Crippen molar-refractivity contribution in [3.8, 4) is 0 Å². The van der Waals surface area contributed by atoms with Crippen LogP contribution in [0.4, 0.5) is 10.1 Å². The molecule has 1 unspecified atom stereocenters. The molecule has 0 bridgehead atoms. The van der Waals surface area contributed by atoms with Crippen LogP contribution in [-0.4, -0.2) is 31.1 Å². The van der Waals surface area contributed by atoms with Crippen LogP contribution in [0.2, 0.25) is 0 Å². The van der Waals surface area contributed by atoms with E-state index < -0.39 is 0 Å². The first kappa shape index (κ1) is 15.6. The predicted molar refractivity (Wildman–Crippen MR) is 87.1 cm³/mol. The van der Waals surface area contributed by atoms with Gasteiger partial charge >= 0.3 is 0 Å². The molecule has 1 N–H and O–H groups in total. The molecule has 0 saturated carbocycles. The van der Waals surface area contributed by atoms with Crippen molar-refractivity contribution in [2.24, 2.45) is 5.92 Å². The van der Waals surface area contributed by atoms with Gasteiger partial charge in [0.25, 0.3) is 0 Å². The summed E-state index contributed by atoms with van der Waals surface area (Å²) in [7, 11) is 2.01. The minimum Gasteiger partial charge on any atom is -0.368 e. The predicted octanol–water partition coefficient (Wildman–Crippen LogP) is 3.51. The number of rotatable bonds is 6. The highest BCUT2D eigenvalue weighted by molar-refractivity contribution is 7.99. The molecule has 0 amide bonds. The Balaban J connectivity index is 1.98. The molecule has 1 aliphatic rings. The van der Waals surface area contributed by atoms with Crippen molar-refractivity contribution in [2.75, 3.05) is 30.0 Å². The molecule has 2 nitrogen and oxygen atoms in total. The number of thioether (sulfide) groups is 1. The van der Waals surface area contributed by atoms with Crippen molar-refractivity contribution >= 4 is 17.4 Å². The van der Waals surface area contributed by atoms with Gasteiger partial charge < -0.3 is 10.2 Å². The quantitative estimate of drug-likeness (QED) is 0.865. The highest BCUT2D eigenvalue weighted by atomic mass is 32.2. The van der Waals surface area contributed by atoms with Crippen molar-refractivity contribution in [2.45, 2.75) is 32.9 Å². The van der Waals surface area contributed by atoms with Gasteiger partial charge in [0.15, 0.2) is 0 Å². The fourth-order valence-corrected chi connectivity index (χ4v) is 3.74. The molecule has 1 aromatic rings. The molecule has 0 spiro atoms. The monoisotopic (exact) mass is 296 g/mol. The average Bonchev–Trinajstić information content (AvgIpc) is 2.91. The Morgan fingerprint density at radius 1 is 1.45 bits per heavy atom. The number of nitrogens with zero attached hydrogens (tertiary/aromatic N) is 1. The van der Waals surface area contributed by atoms with Crippen LogP contribution in [0.5, 0.6) is 0 Å². The fourth-order valence-electron chi connectivity index (χ4n) is 2.48. The molecular formula is C16H25FN2S. The first-order valence-electron chi connectivity index (χ1n) is 7.37. The lowest BCUT2D eigenvalue weighted by Crippen LogP contribution is -2.32. The number of benzene rings is 1. The van der Waals surface area contributed by atoms with Gasteiger partial charge in [0, 0.05) is 25.4 Å². The van der Waals surface area contributed by atoms with Gasteiger partial charge in [-0.2, -0.15) is 11.8 Å². The standard InChI is InChI=1S/C16H25FN2S/c1-12(2)9-18-10-13-4-5-16(15(17)8-13)19(3)14-6-7-20-11-14/h4-5,8,12,14,18H,6-7,9-11H2,1-3H3. The van der Waals surface area contributed by atoms with E-state index in [0.717, 1.165) is 36.5 Å². The van der Waals surface area contributed by atoms with Crippen LogP contribution in [0.1, 0.15) is 25.8 Å². The van der Waals surface area contributed by atoms with Gasteiger partial charge in [-0.05, 0) is 42.3 Å². The van der Waals surface area contributed by atoms with Gasteiger partial charge in [-0.1, -0.05) is 19.9 Å². The lowest BCUT2D eigenvalue weighted by atomic mass is 10.1. The van der Waals surface area contributed by atoms with Crippen molar-refractivity contribution in [1.82, 2.24) is 5.32 Å². The summed E-state index contributed by atoms with van der Waals surface area (Å²) >= 11 is 1.95. The topological polar surface area (TPSA) is 15.3 Å². The van der Waals surface area contributed by atoms with E-state index in [-0.39, 0.29) is 5.82 Å². The van der Waals surface area contributed by atoms with E-state index >= 15 is 0 Å². The third-order valence-corrected chi connectivity index (χ3v) is 4.87. The van der Waals surface area contributed by atoms with Gasteiger partial charge in [0.1, 0.15) is 5.82 Å². The molecule has 1 aliphatic heterocycles. The third-order valence-electron chi connectivity index (χ3n) is 3.73. The lowest BCUT2D eigenvalue weighted by molar-refractivity contribution is 0.549. The highest BCUT2D eigenvalue weighted by Gasteiger charge is 2.22. The maximum absolute atomic E-state index is 14.3. The molecule has 1 atom stereocenters. The van der Waals surface area contributed by atoms with Crippen molar-refractivity contribution in [1.29, 1.82) is 0 Å². The van der Waals surface area contributed by atoms with Crippen LogP contribution >= 0.6 is 11.8 Å². The Morgan fingerprint density at radius 2 is 2.25 bits per heavy atom. The number of anilines is 1. The summed E-state index contributed by atoms with van der Waals surface area (Å²) in [4.78, 5) is 2.10. The van der Waals surface area contributed by atoms with Crippen LogP contribution in [0.15, 0.2) is 18.2 Å². The SMILES string of the molecule is CC(C)CNCc1ccc(N(C)C2CCSC2)c(F)c1. The highest BCUT2D eigenvalue weighted by Crippen LogP contribution is 2.28. The summed E-state index contributed by atoms with van der Waals surface area (Å²) in [6.45, 7) is 6.04. The molecule has 1 fully saturated rings. The van der Waals surface area contributed by atoms with E-state index in [1.165, 1.54) is 5.75 Å². The first-order valence-corrected chi connectivity index (χ1v) is 8.53. The van der Waals surface area contributed by atoms with E-state index in [4.69, 9.17) is 0 Å². The van der Waals surface area contributed by atoms with Gasteiger partial charge in [-0.3, -0.25) is 0 Å². The van der Waals surface area contributed by atoms with Gasteiger partial charge in [-0.25, -0.2) is 4.39 Å². The molecule has 0 aromatic heterocycles. The Bertz CT molecular complexity index is 430. The lowest BCUT2D eigenvalue weighted by Gasteiger charge is -2.26. The minimum atomic E-state index is -0.103. The van der Waals surface area contributed by atoms with Crippen LogP contribution in [0.3, 0.4) is 0 Å². The Hall–Kier alpha value is -0.740. The zero-order valence-electron chi connectivity index (χ0n) is 12.7. The first-order chi connectivity index (χ1) is 9.58. The van der Waals surface area contributed by atoms with E-state index in [9.17, 15) is 4.39 Å². The Labute approximate surface area is 126 Å². The second-order valence-electron chi connectivity index (χ2n) is 5.94. The normalized spacial score (nSPS) is 18.8. The molecule has 0 aliphatic carbocycles. The maximum Gasteiger partial charge on any atom is 0.146 e. The summed E-state index contributed by atoms with van der Waals surface area (Å²) in [5, 5.41) is 3.35. The maximum atomic E-state index is 14.3. The molecule has 1 heterocycles. The summed E-state index contributed by atoms with van der Waals surface area (Å²) in [5.41, 5.74) is 1.74. The molecule has 1 aromatic carbocycles. The van der Waals surface area contributed by atoms with E-state index in [1.54, 1.807) is 6.07 Å². The Kier molecular flexibility index (Phi) is 5.73. The summed E-state index contributed by atoms with van der Waals surface area (Å²) in [6, 6.07) is 6.09. The van der Waals surface area contributed by atoms with Crippen LogP contribution in [0, 0.1) is 11.7 Å². The minimum absolute atomic E-state index is 0.103. The van der Waals surface area contributed by atoms with Crippen LogP contribution in [-0.2, 0) is 6.54 Å². The van der Waals surface area contributed by atoms with E-state index in [0.29, 0.717) is 12.0 Å². The van der Waals surface area contributed by atoms with Gasteiger partial charge in [-0.15, -0.1) is 0 Å². The summed E-state index contributed by atoms with van der Waals surface area (Å²) < 4.78 is 14.3. The van der Waals surface area contributed by atoms with Crippen LogP contribution in [0.25, 0.3) is 0 Å². The van der Waals surface area contributed by atoms with E-state index in [2.05, 4.69) is 24.1 Å². The fraction of sp³-hybridized carbons (Fsp3) is 0.625. The second-order valence-corrected chi connectivity index (χ2v) is 7.09. The van der Waals surface area contributed by atoms with Crippen molar-refractivity contribution in [3.63, 3.8) is 0 Å². The molecule has 20 heavy (non-hydrogen) atoms. The largest absolute Gasteiger partial charge is 0.368 e. The second kappa shape index (κ2) is 7.32.